The predicted molar refractivity (Wildman–Crippen MR) is 74.9 cm³/mol. The number of hydrogen-bond acceptors (Lipinski definition) is 5. The molecule has 1 unspecified atom stereocenters. The van der Waals surface area contributed by atoms with Crippen molar-refractivity contribution in [3.8, 4) is 5.75 Å². The molecule has 104 valence electrons. The van der Waals surface area contributed by atoms with Gasteiger partial charge in [0.15, 0.2) is 0 Å². The van der Waals surface area contributed by atoms with Crippen molar-refractivity contribution >= 4 is 0 Å². The summed E-state index contributed by atoms with van der Waals surface area (Å²) in [6.07, 6.45) is 1.73. The van der Waals surface area contributed by atoms with Crippen LogP contribution in [0.4, 0.5) is 0 Å². The van der Waals surface area contributed by atoms with Crippen molar-refractivity contribution in [3.05, 3.63) is 58.9 Å². The van der Waals surface area contributed by atoms with Crippen LogP contribution in [0.1, 0.15) is 28.4 Å². The molecule has 5 nitrogen and oxygen atoms in total. The maximum Gasteiger partial charge on any atom is 0.142 e. The molecule has 1 aromatic carbocycles. The highest BCUT2D eigenvalue weighted by molar-refractivity contribution is 5.41. The number of benzene rings is 1. The molecule has 0 fully saturated rings. The Balaban J connectivity index is 2.01. The van der Waals surface area contributed by atoms with Gasteiger partial charge >= 0.3 is 0 Å². The largest absolute Gasteiger partial charge is 0.495 e. The molecule has 1 aliphatic rings. The number of aromatic nitrogens is 1. The number of fused-ring (bicyclic) bond motifs is 1. The van der Waals surface area contributed by atoms with Crippen LogP contribution < -0.4 is 16.0 Å². The average molecular weight is 271 g/mol. The Morgan fingerprint density at radius 2 is 2.15 bits per heavy atom. The lowest BCUT2D eigenvalue weighted by molar-refractivity contribution is 0.134. The van der Waals surface area contributed by atoms with Crippen molar-refractivity contribution in [2.45, 2.75) is 19.3 Å². The molecule has 2 heterocycles. The summed E-state index contributed by atoms with van der Waals surface area (Å²) < 4.78 is 10.8. The van der Waals surface area contributed by atoms with Crippen LogP contribution in [-0.4, -0.2) is 12.1 Å². The lowest BCUT2D eigenvalue weighted by Crippen LogP contribution is -2.30. The van der Waals surface area contributed by atoms with Crippen molar-refractivity contribution in [2.24, 2.45) is 5.84 Å². The van der Waals surface area contributed by atoms with E-state index in [4.69, 9.17) is 15.3 Å². The number of nitrogens with zero attached hydrogens (tertiary/aromatic N) is 1. The molecule has 1 aromatic heterocycles. The number of nitrogens with two attached hydrogens (primary N) is 1. The van der Waals surface area contributed by atoms with Crippen LogP contribution in [0.15, 0.2) is 36.5 Å². The first-order chi connectivity index (χ1) is 9.83. The fourth-order valence-corrected chi connectivity index (χ4v) is 2.50. The SMILES string of the molecule is COc1cccnc1C(NN)c1ccc2c(c1)COC2. The fraction of sp³-hybridized carbons (Fsp3) is 0.267. The maximum absolute atomic E-state index is 5.73. The van der Waals surface area contributed by atoms with E-state index in [0.717, 1.165) is 11.3 Å². The van der Waals surface area contributed by atoms with E-state index >= 15 is 0 Å². The maximum atomic E-state index is 5.73. The molecule has 0 saturated carbocycles. The van der Waals surface area contributed by atoms with Crippen LogP contribution in [-0.2, 0) is 18.0 Å². The Bertz CT molecular complexity index is 616. The van der Waals surface area contributed by atoms with Gasteiger partial charge in [-0.1, -0.05) is 18.2 Å². The minimum absolute atomic E-state index is 0.211. The van der Waals surface area contributed by atoms with E-state index < -0.39 is 0 Å². The van der Waals surface area contributed by atoms with Gasteiger partial charge in [0, 0.05) is 6.20 Å². The molecule has 3 rings (SSSR count). The van der Waals surface area contributed by atoms with E-state index in [1.54, 1.807) is 13.3 Å². The normalized spacial score (nSPS) is 14.9. The zero-order chi connectivity index (χ0) is 13.9. The first kappa shape index (κ1) is 13.1. The number of methoxy groups -OCH3 is 1. The second-order valence-electron chi connectivity index (χ2n) is 4.71. The van der Waals surface area contributed by atoms with Crippen LogP contribution in [0.25, 0.3) is 0 Å². The van der Waals surface area contributed by atoms with Gasteiger partial charge in [0.05, 0.1) is 26.4 Å². The first-order valence-electron chi connectivity index (χ1n) is 6.48. The highest BCUT2D eigenvalue weighted by Gasteiger charge is 2.20. The summed E-state index contributed by atoms with van der Waals surface area (Å²) in [6, 6.07) is 9.75. The monoisotopic (exact) mass is 271 g/mol. The van der Waals surface area contributed by atoms with Crippen molar-refractivity contribution in [1.82, 2.24) is 10.4 Å². The van der Waals surface area contributed by atoms with Gasteiger partial charge in [-0.3, -0.25) is 10.8 Å². The second kappa shape index (κ2) is 5.58. The lowest BCUT2D eigenvalue weighted by atomic mass is 9.98. The smallest absolute Gasteiger partial charge is 0.142 e. The molecule has 0 radical (unpaired) electrons. The number of ether oxygens (including phenoxy) is 2. The molecule has 0 saturated heterocycles. The third-order valence-electron chi connectivity index (χ3n) is 3.54. The molecule has 20 heavy (non-hydrogen) atoms. The lowest BCUT2D eigenvalue weighted by Gasteiger charge is -2.19. The number of hydrogen-bond donors (Lipinski definition) is 2. The number of hydrazine groups is 1. The van der Waals surface area contributed by atoms with Crippen molar-refractivity contribution < 1.29 is 9.47 Å². The van der Waals surface area contributed by atoms with E-state index in [1.807, 2.05) is 18.2 Å². The van der Waals surface area contributed by atoms with Crippen molar-refractivity contribution in [3.63, 3.8) is 0 Å². The Morgan fingerprint density at radius 3 is 2.95 bits per heavy atom. The third-order valence-corrected chi connectivity index (χ3v) is 3.54. The molecule has 1 atom stereocenters. The van der Waals surface area contributed by atoms with E-state index in [2.05, 4.69) is 22.5 Å². The number of pyridine rings is 1. The molecular formula is C15H17N3O2. The molecule has 2 aromatic rings. The minimum Gasteiger partial charge on any atom is -0.495 e. The Kier molecular flexibility index (Phi) is 3.64. The minimum atomic E-state index is -0.211. The van der Waals surface area contributed by atoms with E-state index in [9.17, 15) is 0 Å². The van der Waals surface area contributed by atoms with Crippen LogP contribution >= 0.6 is 0 Å². The highest BCUT2D eigenvalue weighted by atomic mass is 16.5. The standard InChI is InChI=1S/C15H17N3O2/c1-19-13-3-2-6-17-15(13)14(18-16)10-4-5-11-8-20-9-12(11)7-10/h2-7,14,18H,8-9,16H2,1H3. The zero-order valence-electron chi connectivity index (χ0n) is 11.3. The molecule has 1 aliphatic heterocycles. The quantitative estimate of drug-likeness (QED) is 0.654. The van der Waals surface area contributed by atoms with Gasteiger partial charge in [0.1, 0.15) is 11.4 Å². The van der Waals surface area contributed by atoms with Gasteiger partial charge in [-0.15, -0.1) is 0 Å². The second-order valence-corrected chi connectivity index (χ2v) is 4.71. The van der Waals surface area contributed by atoms with Gasteiger partial charge in [-0.25, -0.2) is 5.43 Å². The summed E-state index contributed by atoms with van der Waals surface area (Å²) in [5, 5.41) is 0. The predicted octanol–water partition coefficient (Wildman–Crippen LogP) is 1.67. The topological polar surface area (TPSA) is 69.4 Å². The van der Waals surface area contributed by atoms with Crippen LogP contribution in [0.2, 0.25) is 0 Å². The number of nitrogens with one attached hydrogen (secondary N) is 1. The van der Waals surface area contributed by atoms with E-state index in [-0.39, 0.29) is 6.04 Å². The summed E-state index contributed by atoms with van der Waals surface area (Å²) >= 11 is 0. The Morgan fingerprint density at radius 1 is 1.30 bits per heavy atom. The zero-order valence-corrected chi connectivity index (χ0v) is 11.3. The molecule has 0 bridgehead atoms. The fourth-order valence-electron chi connectivity index (χ4n) is 2.50. The van der Waals surface area contributed by atoms with E-state index in [0.29, 0.717) is 19.0 Å². The van der Waals surface area contributed by atoms with Gasteiger partial charge in [-0.2, -0.15) is 0 Å². The molecular weight excluding hydrogens is 254 g/mol. The first-order valence-corrected chi connectivity index (χ1v) is 6.48. The van der Waals surface area contributed by atoms with Crippen LogP contribution in [0.3, 0.4) is 0 Å². The van der Waals surface area contributed by atoms with Crippen molar-refractivity contribution in [2.75, 3.05) is 7.11 Å². The molecule has 0 amide bonds. The van der Waals surface area contributed by atoms with Crippen LogP contribution in [0, 0.1) is 0 Å². The Hall–Kier alpha value is -1.95. The van der Waals surface area contributed by atoms with Crippen molar-refractivity contribution in [1.29, 1.82) is 0 Å². The van der Waals surface area contributed by atoms with Gasteiger partial charge in [0.2, 0.25) is 0 Å². The molecule has 0 aliphatic carbocycles. The summed E-state index contributed by atoms with van der Waals surface area (Å²) in [7, 11) is 1.63. The summed E-state index contributed by atoms with van der Waals surface area (Å²) in [5.74, 6) is 6.44. The molecule has 3 N–H and O–H groups in total. The van der Waals surface area contributed by atoms with Crippen LogP contribution in [0.5, 0.6) is 5.75 Å². The van der Waals surface area contributed by atoms with Gasteiger partial charge in [-0.05, 0) is 28.8 Å². The average Bonchev–Trinajstić information content (AvgIpc) is 2.96. The summed E-state index contributed by atoms with van der Waals surface area (Å²) in [5.41, 5.74) is 7.08. The Labute approximate surface area is 117 Å². The third kappa shape index (κ3) is 2.27. The summed E-state index contributed by atoms with van der Waals surface area (Å²) in [6.45, 7) is 1.34. The van der Waals surface area contributed by atoms with Gasteiger partial charge < -0.3 is 9.47 Å². The molecule has 5 heteroatoms. The number of rotatable bonds is 4. The van der Waals surface area contributed by atoms with E-state index in [1.165, 1.54) is 11.1 Å². The summed E-state index contributed by atoms with van der Waals surface area (Å²) in [4.78, 5) is 4.39. The van der Waals surface area contributed by atoms with Gasteiger partial charge in [0.25, 0.3) is 0 Å². The molecule has 0 spiro atoms. The highest BCUT2D eigenvalue weighted by Crippen LogP contribution is 2.30.